The molecule has 0 nitrogen and oxygen atoms in total. The van der Waals surface area contributed by atoms with Gasteiger partial charge in [0.25, 0.3) is 0 Å². The lowest BCUT2D eigenvalue weighted by Crippen LogP contribution is -1.95. The van der Waals surface area contributed by atoms with Crippen LogP contribution in [-0.2, 0) is 0 Å². The van der Waals surface area contributed by atoms with Crippen molar-refractivity contribution < 1.29 is 0 Å². The maximum atomic E-state index is 2.45. The monoisotopic (exact) mass is 604 g/mol. The van der Waals surface area contributed by atoms with E-state index in [0.717, 1.165) is 0 Å². The first-order valence-electron chi connectivity index (χ1n) is 16.8. The van der Waals surface area contributed by atoms with E-state index in [-0.39, 0.29) is 0 Å². The van der Waals surface area contributed by atoms with Crippen molar-refractivity contribution in [3.8, 4) is 0 Å². The van der Waals surface area contributed by atoms with Crippen molar-refractivity contribution in [2.45, 2.75) is 0 Å². The fourth-order valence-electron chi connectivity index (χ4n) is 8.63. The van der Waals surface area contributed by atoms with E-state index in [9.17, 15) is 0 Å². The van der Waals surface area contributed by atoms with Gasteiger partial charge in [-0.25, -0.2) is 0 Å². The van der Waals surface area contributed by atoms with E-state index in [4.69, 9.17) is 0 Å². The van der Waals surface area contributed by atoms with E-state index in [1.54, 1.807) is 0 Å². The van der Waals surface area contributed by atoms with E-state index >= 15 is 0 Å². The van der Waals surface area contributed by atoms with Crippen LogP contribution < -0.4 is 0 Å². The van der Waals surface area contributed by atoms with Crippen LogP contribution in [0.1, 0.15) is 33.4 Å². The Kier molecular flexibility index (Phi) is 5.20. The van der Waals surface area contributed by atoms with Crippen LogP contribution in [0.5, 0.6) is 0 Å². The van der Waals surface area contributed by atoms with Crippen molar-refractivity contribution in [1.29, 1.82) is 0 Å². The van der Waals surface area contributed by atoms with E-state index < -0.39 is 0 Å². The highest BCUT2D eigenvalue weighted by Gasteiger charge is 2.39. The lowest BCUT2D eigenvalue weighted by atomic mass is 9.86. The van der Waals surface area contributed by atoms with Crippen molar-refractivity contribution >= 4 is 76.2 Å². The van der Waals surface area contributed by atoms with Crippen molar-refractivity contribution in [3.63, 3.8) is 0 Å². The molecule has 0 heteroatoms. The molecule has 11 rings (SSSR count). The Morgan fingerprint density at radius 1 is 0.208 bits per heavy atom. The fourth-order valence-corrected chi connectivity index (χ4v) is 8.63. The molecular weight excluding hydrogens is 577 g/mol. The van der Waals surface area contributed by atoms with Crippen LogP contribution in [0.3, 0.4) is 0 Å². The summed E-state index contributed by atoms with van der Waals surface area (Å²) in [5.41, 5.74) is 13.3. The van der Waals surface area contributed by atoms with Gasteiger partial charge in [-0.2, -0.15) is 0 Å². The van der Waals surface area contributed by atoms with Crippen LogP contribution in [0.15, 0.2) is 170 Å². The van der Waals surface area contributed by atoms with E-state index in [2.05, 4.69) is 170 Å². The maximum absolute atomic E-state index is 2.45. The molecule has 0 bridgehead atoms. The van der Waals surface area contributed by atoms with Gasteiger partial charge in [0.2, 0.25) is 0 Å². The third-order valence-corrected chi connectivity index (χ3v) is 10.7. The lowest BCUT2D eigenvalue weighted by Gasteiger charge is -2.17. The van der Waals surface area contributed by atoms with Gasteiger partial charge in [0, 0.05) is 0 Å². The van der Waals surface area contributed by atoms with Crippen molar-refractivity contribution in [2.75, 3.05) is 0 Å². The molecule has 0 heterocycles. The second-order valence-electron chi connectivity index (χ2n) is 13.2. The van der Waals surface area contributed by atoms with Gasteiger partial charge in [0.15, 0.2) is 0 Å². The van der Waals surface area contributed by atoms with Crippen LogP contribution in [0.2, 0.25) is 0 Å². The van der Waals surface area contributed by atoms with E-state index in [0.29, 0.717) is 0 Å². The first-order chi connectivity index (χ1) is 23.8. The van der Waals surface area contributed by atoms with Crippen LogP contribution in [-0.4, -0.2) is 0 Å². The number of hydrogen-bond donors (Lipinski definition) is 0. The minimum atomic E-state index is 1.26. The smallest absolute Gasteiger partial charge is 0.000696 e. The highest BCUT2D eigenvalue weighted by molar-refractivity contribution is 6.39. The first kappa shape index (κ1) is 25.9. The number of allylic oxidation sites excluding steroid dienone is 2. The quantitative estimate of drug-likeness (QED) is 0.172. The number of hydrogen-bond acceptors (Lipinski definition) is 0. The summed E-state index contributed by atoms with van der Waals surface area (Å²) < 4.78 is 0. The molecule has 0 unspecified atom stereocenters. The fraction of sp³-hybridized carbons (Fsp3) is 0. The van der Waals surface area contributed by atoms with Gasteiger partial charge < -0.3 is 0 Å². The molecule has 0 saturated carbocycles. The Morgan fingerprint density at radius 3 is 1.40 bits per heavy atom. The molecule has 0 amide bonds. The molecule has 220 valence electrons. The van der Waals surface area contributed by atoms with Gasteiger partial charge in [-0.15, -0.1) is 0 Å². The van der Waals surface area contributed by atoms with Crippen molar-refractivity contribution in [3.05, 3.63) is 203 Å². The summed E-state index contributed by atoms with van der Waals surface area (Å²) in [5.74, 6) is 0. The zero-order chi connectivity index (χ0) is 31.3. The Morgan fingerprint density at radius 2 is 0.688 bits per heavy atom. The third-order valence-electron chi connectivity index (χ3n) is 10.7. The molecule has 0 radical (unpaired) electrons. The summed E-state index contributed by atoms with van der Waals surface area (Å²) in [5, 5.41) is 12.8. The molecular formula is C48H28. The van der Waals surface area contributed by atoms with E-state index in [1.165, 1.54) is 110 Å². The highest BCUT2D eigenvalue weighted by atomic mass is 14.4. The Bertz CT molecular complexity index is 2930. The topological polar surface area (TPSA) is 0 Å². The van der Waals surface area contributed by atoms with Crippen molar-refractivity contribution in [2.24, 2.45) is 0 Å². The average molecular weight is 605 g/mol. The molecule has 2 aliphatic rings. The molecule has 0 saturated heterocycles. The van der Waals surface area contributed by atoms with Gasteiger partial charge in [-0.05, 0) is 134 Å². The molecule has 0 atom stereocenters. The van der Waals surface area contributed by atoms with Gasteiger partial charge in [-0.3, -0.25) is 0 Å². The normalized spacial score (nSPS) is 13.7. The van der Waals surface area contributed by atoms with Gasteiger partial charge in [-0.1, -0.05) is 146 Å². The first-order valence-corrected chi connectivity index (χ1v) is 16.8. The molecule has 9 aromatic carbocycles. The molecule has 0 N–H and O–H groups in total. The number of fused-ring (bicyclic) bond motifs is 11. The largest absolute Gasteiger partial charge is 0.0616 e. The molecule has 0 spiro atoms. The van der Waals surface area contributed by atoms with Crippen LogP contribution in [0.4, 0.5) is 0 Å². The number of rotatable bonds is 2. The van der Waals surface area contributed by atoms with Crippen LogP contribution in [0.25, 0.3) is 76.2 Å². The molecule has 0 fully saturated rings. The number of benzene rings is 9. The minimum absolute atomic E-state index is 1.26. The van der Waals surface area contributed by atoms with Crippen LogP contribution in [0, 0.1) is 0 Å². The Balaban J connectivity index is 1.37. The van der Waals surface area contributed by atoms with E-state index in [1.807, 2.05) is 0 Å². The average Bonchev–Trinajstić information content (AvgIpc) is 3.65. The molecule has 2 aliphatic carbocycles. The molecule has 0 aliphatic heterocycles. The standard InChI is InChI=1S/C48H28/c1-2-14-32-26-41-35(25-31(32)13-1)18-10-22-39(41)46-44-37-20-8-6-12-30(37)23-24-40(44)47-45(38-21-9-17-29-11-5-7-19-36(29)38)42-27-33-15-3-4-16-34(33)28-43(42)48(46)47/h1-28H. The summed E-state index contributed by atoms with van der Waals surface area (Å²) in [6, 6.07) is 63.3. The summed E-state index contributed by atoms with van der Waals surface area (Å²) in [6.45, 7) is 0. The Hall–Kier alpha value is -6.24. The zero-order valence-corrected chi connectivity index (χ0v) is 26.2. The van der Waals surface area contributed by atoms with Gasteiger partial charge in [0.05, 0.1) is 0 Å². The molecule has 9 aromatic rings. The van der Waals surface area contributed by atoms with Gasteiger partial charge in [0.1, 0.15) is 0 Å². The maximum Gasteiger partial charge on any atom is -0.000696 e. The predicted octanol–water partition coefficient (Wildman–Crippen LogP) is 12.7. The van der Waals surface area contributed by atoms with Gasteiger partial charge >= 0.3 is 0 Å². The summed E-state index contributed by atoms with van der Waals surface area (Å²) in [7, 11) is 0. The summed E-state index contributed by atoms with van der Waals surface area (Å²) in [6.07, 6.45) is 0. The minimum Gasteiger partial charge on any atom is -0.0616 e. The van der Waals surface area contributed by atoms with Crippen LogP contribution >= 0.6 is 0 Å². The second-order valence-corrected chi connectivity index (χ2v) is 13.2. The highest BCUT2D eigenvalue weighted by Crippen LogP contribution is 2.61. The van der Waals surface area contributed by atoms with Crippen molar-refractivity contribution in [1.82, 2.24) is 0 Å². The summed E-state index contributed by atoms with van der Waals surface area (Å²) >= 11 is 0. The third kappa shape index (κ3) is 3.49. The predicted molar refractivity (Wildman–Crippen MR) is 205 cm³/mol. The lowest BCUT2D eigenvalue weighted by molar-refractivity contribution is 1.58. The molecule has 48 heavy (non-hydrogen) atoms. The Labute approximate surface area is 278 Å². The second kappa shape index (κ2) is 9.64. The molecule has 0 aromatic heterocycles. The SMILES string of the molecule is c1ccc2cc3c(cc2c1)C1=C(c2cccc4cc5ccccc5cc24)c2c(ccc4ccccc24)C1=C3c1cccc2ccccc12. The zero-order valence-electron chi connectivity index (χ0n) is 26.2. The summed E-state index contributed by atoms with van der Waals surface area (Å²) in [4.78, 5) is 0.